The number of ether oxygens (including phenoxy) is 1. The van der Waals surface area contributed by atoms with Gasteiger partial charge in [-0.25, -0.2) is 0 Å². The first-order valence-corrected chi connectivity index (χ1v) is 6.92. The summed E-state index contributed by atoms with van der Waals surface area (Å²) in [6, 6.07) is 6.22. The van der Waals surface area contributed by atoms with E-state index in [0.717, 1.165) is 38.0 Å². The van der Waals surface area contributed by atoms with Crippen molar-refractivity contribution in [3.05, 3.63) is 35.4 Å². The van der Waals surface area contributed by atoms with Crippen LogP contribution in [0.3, 0.4) is 0 Å². The molecule has 0 saturated heterocycles. The van der Waals surface area contributed by atoms with Crippen LogP contribution in [-0.4, -0.2) is 19.6 Å². The summed E-state index contributed by atoms with van der Waals surface area (Å²) in [5.74, 6) is 1.42. The molecule has 0 unspecified atom stereocenters. The number of carbonyl (C=O) groups excluding carboxylic acids is 1. The molecular weight excluding hydrogens is 238 g/mol. The van der Waals surface area contributed by atoms with Crippen LogP contribution in [0.2, 0.25) is 0 Å². The molecular formula is C16H19NO2. The van der Waals surface area contributed by atoms with Crippen molar-refractivity contribution in [3.63, 3.8) is 0 Å². The van der Waals surface area contributed by atoms with Gasteiger partial charge < -0.3 is 10.1 Å². The second kappa shape index (κ2) is 5.08. The quantitative estimate of drug-likeness (QED) is 0.880. The Morgan fingerprint density at radius 1 is 1.42 bits per heavy atom. The fraction of sp³-hybridized carbons (Fsp3) is 0.438. The summed E-state index contributed by atoms with van der Waals surface area (Å²) >= 11 is 0. The van der Waals surface area contributed by atoms with Crippen molar-refractivity contribution < 1.29 is 9.53 Å². The molecule has 1 saturated carbocycles. The number of hydrogen-bond donors (Lipinski definition) is 1. The van der Waals surface area contributed by atoms with E-state index in [0.29, 0.717) is 5.92 Å². The number of methoxy groups -OCH3 is 1. The standard InChI is InChI=1S/C16H19NO2/c1-19-14-7-6-11-2-3-12(15(11)10-14)8-9-17-16(18)13-4-5-13/h3,6-7,10,13H,2,4-5,8-9H2,1H3,(H,17,18). The minimum Gasteiger partial charge on any atom is -0.497 e. The van der Waals surface area contributed by atoms with E-state index in [4.69, 9.17) is 4.74 Å². The normalized spacial score (nSPS) is 16.8. The molecule has 1 aromatic carbocycles. The van der Waals surface area contributed by atoms with Crippen molar-refractivity contribution in [2.24, 2.45) is 5.92 Å². The van der Waals surface area contributed by atoms with E-state index in [2.05, 4.69) is 23.5 Å². The van der Waals surface area contributed by atoms with Gasteiger partial charge in [0.05, 0.1) is 7.11 Å². The number of benzene rings is 1. The number of rotatable bonds is 5. The summed E-state index contributed by atoms with van der Waals surface area (Å²) in [5, 5.41) is 3.02. The molecule has 0 aromatic heterocycles. The molecule has 1 fully saturated rings. The van der Waals surface area contributed by atoms with Crippen molar-refractivity contribution in [3.8, 4) is 5.75 Å². The Bertz CT molecular complexity index is 530. The molecule has 0 radical (unpaired) electrons. The van der Waals surface area contributed by atoms with Gasteiger partial charge in [0, 0.05) is 12.5 Å². The summed E-state index contributed by atoms with van der Waals surface area (Å²) < 4.78 is 5.27. The molecule has 1 aromatic rings. The van der Waals surface area contributed by atoms with Crippen LogP contribution in [0, 0.1) is 5.92 Å². The van der Waals surface area contributed by atoms with Gasteiger partial charge >= 0.3 is 0 Å². The molecule has 0 aliphatic heterocycles. The second-order valence-electron chi connectivity index (χ2n) is 5.27. The van der Waals surface area contributed by atoms with Gasteiger partial charge in [-0.3, -0.25) is 4.79 Å². The number of nitrogens with one attached hydrogen (secondary N) is 1. The van der Waals surface area contributed by atoms with Crippen LogP contribution >= 0.6 is 0 Å². The molecule has 0 bridgehead atoms. The van der Waals surface area contributed by atoms with Gasteiger partial charge in [-0.15, -0.1) is 0 Å². The Morgan fingerprint density at radius 3 is 3.00 bits per heavy atom. The van der Waals surface area contributed by atoms with E-state index >= 15 is 0 Å². The average molecular weight is 257 g/mol. The molecule has 0 spiro atoms. The molecule has 3 nitrogen and oxygen atoms in total. The lowest BCUT2D eigenvalue weighted by atomic mass is 10.0. The zero-order chi connectivity index (χ0) is 13.2. The minimum absolute atomic E-state index is 0.226. The zero-order valence-electron chi connectivity index (χ0n) is 11.2. The fourth-order valence-electron chi connectivity index (χ4n) is 2.55. The third kappa shape index (κ3) is 2.65. The monoisotopic (exact) mass is 257 g/mol. The maximum absolute atomic E-state index is 11.6. The molecule has 0 heterocycles. The Kier molecular flexibility index (Phi) is 3.28. The van der Waals surface area contributed by atoms with Crippen molar-refractivity contribution in [1.82, 2.24) is 5.32 Å². The molecule has 0 atom stereocenters. The first-order valence-electron chi connectivity index (χ1n) is 6.92. The smallest absolute Gasteiger partial charge is 0.223 e. The van der Waals surface area contributed by atoms with E-state index in [-0.39, 0.29) is 5.91 Å². The third-order valence-electron chi connectivity index (χ3n) is 3.87. The second-order valence-corrected chi connectivity index (χ2v) is 5.27. The van der Waals surface area contributed by atoms with E-state index in [1.807, 2.05) is 6.07 Å². The van der Waals surface area contributed by atoms with E-state index in [1.165, 1.54) is 16.7 Å². The highest BCUT2D eigenvalue weighted by Crippen LogP contribution is 2.32. The topological polar surface area (TPSA) is 38.3 Å². The summed E-state index contributed by atoms with van der Waals surface area (Å²) in [6.45, 7) is 0.734. The zero-order valence-corrected chi connectivity index (χ0v) is 11.2. The van der Waals surface area contributed by atoms with Gasteiger partial charge in [0.1, 0.15) is 5.75 Å². The van der Waals surface area contributed by atoms with E-state index < -0.39 is 0 Å². The Hall–Kier alpha value is -1.77. The summed E-state index contributed by atoms with van der Waals surface area (Å²) in [4.78, 5) is 11.6. The molecule has 100 valence electrons. The van der Waals surface area contributed by atoms with Crippen molar-refractivity contribution in [2.45, 2.75) is 25.7 Å². The van der Waals surface area contributed by atoms with Crippen molar-refractivity contribution >= 4 is 11.5 Å². The predicted octanol–water partition coefficient (Wildman–Crippen LogP) is 2.55. The SMILES string of the molecule is COc1ccc2c(c1)C(CCNC(=O)C1CC1)=CC2. The first-order chi connectivity index (χ1) is 9.28. The number of carbonyl (C=O) groups is 1. The van der Waals surface area contributed by atoms with Crippen LogP contribution in [-0.2, 0) is 11.2 Å². The lowest BCUT2D eigenvalue weighted by Gasteiger charge is -2.09. The summed E-state index contributed by atoms with van der Waals surface area (Å²) in [5.41, 5.74) is 3.95. The predicted molar refractivity (Wildman–Crippen MR) is 75.0 cm³/mol. The van der Waals surface area contributed by atoms with Gasteiger partial charge in [0.15, 0.2) is 0 Å². The highest BCUT2D eigenvalue weighted by molar-refractivity contribution is 5.81. The Balaban J connectivity index is 1.59. The largest absolute Gasteiger partial charge is 0.497 e. The van der Waals surface area contributed by atoms with Crippen molar-refractivity contribution in [2.75, 3.05) is 13.7 Å². The molecule has 19 heavy (non-hydrogen) atoms. The maximum Gasteiger partial charge on any atom is 0.223 e. The van der Waals surface area contributed by atoms with Crippen LogP contribution in [0.15, 0.2) is 24.3 Å². The molecule has 2 aliphatic carbocycles. The average Bonchev–Trinajstić information content (AvgIpc) is 3.21. The highest BCUT2D eigenvalue weighted by Gasteiger charge is 2.29. The molecule has 1 N–H and O–H groups in total. The summed E-state index contributed by atoms with van der Waals surface area (Å²) in [7, 11) is 1.69. The van der Waals surface area contributed by atoms with Crippen LogP contribution in [0.4, 0.5) is 0 Å². The van der Waals surface area contributed by atoms with Crippen LogP contribution in [0.1, 0.15) is 30.4 Å². The first kappa shape index (κ1) is 12.3. The molecule has 3 heteroatoms. The van der Waals surface area contributed by atoms with Crippen LogP contribution in [0.5, 0.6) is 5.75 Å². The molecule has 2 aliphatic rings. The molecule has 1 amide bonds. The molecule has 3 rings (SSSR count). The maximum atomic E-state index is 11.6. The number of fused-ring (bicyclic) bond motifs is 1. The van der Waals surface area contributed by atoms with Crippen LogP contribution < -0.4 is 10.1 Å². The Labute approximate surface area is 113 Å². The van der Waals surface area contributed by atoms with Gasteiger partial charge in [-0.05, 0) is 54.5 Å². The van der Waals surface area contributed by atoms with E-state index in [9.17, 15) is 4.79 Å². The number of allylic oxidation sites excluding steroid dienone is 1. The van der Waals surface area contributed by atoms with Crippen molar-refractivity contribution in [1.29, 1.82) is 0 Å². The minimum atomic E-state index is 0.226. The van der Waals surface area contributed by atoms with Gasteiger partial charge in [0.2, 0.25) is 5.91 Å². The number of amides is 1. The van der Waals surface area contributed by atoms with Gasteiger partial charge in [0.25, 0.3) is 0 Å². The van der Waals surface area contributed by atoms with Gasteiger partial charge in [-0.1, -0.05) is 12.1 Å². The lowest BCUT2D eigenvalue weighted by molar-refractivity contribution is -0.122. The van der Waals surface area contributed by atoms with E-state index in [1.54, 1.807) is 7.11 Å². The fourth-order valence-corrected chi connectivity index (χ4v) is 2.55. The van der Waals surface area contributed by atoms with Crippen LogP contribution in [0.25, 0.3) is 5.57 Å². The highest BCUT2D eigenvalue weighted by atomic mass is 16.5. The number of hydrogen-bond acceptors (Lipinski definition) is 2. The van der Waals surface area contributed by atoms with Gasteiger partial charge in [-0.2, -0.15) is 0 Å². The lowest BCUT2D eigenvalue weighted by Crippen LogP contribution is -2.25. The Morgan fingerprint density at radius 2 is 2.26 bits per heavy atom. The third-order valence-corrected chi connectivity index (χ3v) is 3.87. The summed E-state index contributed by atoms with van der Waals surface area (Å²) in [6.07, 6.45) is 6.28.